The molecule has 0 bridgehead atoms. The van der Waals surface area contributed by atoms with Crippen molar-refractivity contribution in [1.29, 1.82) is 0 Å². The third-order valence-electron chi connectivity index (χ3n) is 3.56. The molecule has 21 heavy (non-hydrogen) atoms. The molecule has 0 saturated carbocycles. The van der Waals surface area contributed by atoms with Gasteiger partial charge in [0.05, 0.1) is 24.8 Å². The van der Waals surface area contributed by atoms with Crippen LogP contribution in [0.25, 0.3) is 10.9 Å². The van der Waals surface area contributed by atoms with E-state index in [4.69, 9.17) is 9.47 Å². The van der Waals surface area contributed by atoms with Crippen molar-refractivity contribution in [2.45, 2.75) is 13.0 Å². The average molecular weight is 290 g/mol. The highest BCUT2D eigenvalue weighted by Crippen LogP contribution is 2.20. The molecule has 1 atom stereocenters. The minimum atomic E-state index is -0.00804. The van der Waals surface area contributed by atoms with Crippen molar-refractivity contribution >= 4 is 16.8 Å². The number of hydrogen-bond donors (Lipinski definition) is 1. The first-order valence-corrected chi connectivity index (χ1v) is 7.04. The van der Waals surface area contributed by atoms with E-state index in [0.29, 0.717) is 25.3 Å². The van der Waals surface area contributed by atoms with E-state index < -0.39 is 0 Å². The first-order valence-electron chi connectivity index (χ1n) is 7.04. The second kappa shape index (κ2) is 7.24. The molecule has 0 fully saturated rings. The first kappa shape index (κ1) is 15.5. The molecule has 1 aromatic carbocycles. The zero-order chi connectivity index (χ0) is 15.2. The lowest BCUT2D eigenvalue weighted by Crippen LogP contribution is -2.43. The number of ether oxygens (including phenoxy) is 2. The number of aromatic nitrogens is 1. The van der Waals surface area contributed by atoms with Crippen LogP contribution in [0.3, 0.4) is 0 Å². The van der Waals surface area contributed by atoms with Gasteiger partial charge in [-0.15, -0.1) is 0 Å². The molecule has 5 heteroatoms. The lowest BCUT2D eigenvalue weighted by molar-refractivity contribution is 0.0481. The minimum Gasteiger partial charge on any atom is -0.383 e. The van der Waals surface area contributed by atoms with E-state index in [1.807, 2.05) is 31.2 Å². The van der Waals surface area contributed by atoms with E-state index in [1.165, 1.54) is 0 Å². The van der Waals surface area contributed by atoms with Crippen molar-refractivity contribution in [2.24, 2.45) is 0 Å². The smallest absolute Gasteiger partial charge is 0.256 e. The van der Waals surface area contributed by atoms with Gasteiger partial charge in [0, 0.05) is 37.9 Å². The Kier molecular flexibility index (Phi) is 5.36. The lowest BCUT2D eigenvalue weighted by Gasteiger charge is -2.28. The van der Waals surface area contributed by atoms with Crippen molar-refractivity contribution in [2.75, 3.05) is 34.0 Å². The van der Waals surface area contributed by atoms with E-state index in [-0.39, 0.29) is 11.9 Å². The van der Waals surface area contributed by atoms with Gasteiger partial charge in [-0.1, -0.05) is 18.2 Å². The maximum atomic E-state index is 12.8. The number of fused-ring (bicyclic) bond motifs is 1. The van der Waals surface area contributed by atoms with Gasteiger partial charge in [0.25, 0.3) is 5.91 Å². The van der Waals surface area contributed by atoms with Gasteiger partial charge in [0.15, 0.2) is 0 Å². The van der Waals surface area contributed by atoms with Crippen LogP contribution in [0.2, 0.25) is 0 Å². The van der Waals surface area contributed by atoms with Gasteiger partial charge >= 0.3 is 0 Å². The van der Waals surface area contributed by atoms with Gasteiger partial charge < -0.3 is 19.4 Å². The molecule has 0 aliphatic carbocycles. The second-order valence-corrected chi connectivity index (χ2v) is 5.04. The Labute approximate surface area is 124 Å². The molecule has 5 nitrogen and oxygen atoms in total. The Hall–Kier alpha value is -1.85. The van der Waals surface area contributed by atoms with Gasteiger partial charge in [-0.25, -0.2) is 0 Å². The average Bonchev–Trinajstić information content (AvgIpc) is 2.91. The number of aromatic amines is 1. The lowest BCUT2D eigenvalue weighted by atomic mass is 10.1. The van der Waals surface area contributed by atoms with Crippen LogP contribution in [0.4, 0.5) is 0 Å². The third-order valence-corrected chi connectivity index (χ3v) is 3.56. The van der Waals surface area contributed by atoms with Crippen molar-refractivity contribution in [3.05, 3.63) is 36.0 Å². The van der Waals surface area contributed by atoms with Crippen LogP contribution >= 0.6 is 0 Å². The Morgan fingerprint density at radius 1 is 1.29 bits per heavy atom. The van der Waals surface area contributed by atoms with Crippen LogP contribution in [0.15, 0.2) is 30.5 Å². The van der Waals surface area contributed by atoms with Crippen molar-refractivity contribution < 1.29 is 14.3 Å². The molecule has 0 saturated heterocycles. The Balaban J connectivity index is 2.28. The van der Waals surface area contributed by atoms with Gasteiger partial charge in [0.2, 0.25) is 0 Å². The topological polar surface area (TPSA) is 54.6 Å². The maximum absolute atomic E-state index is 12.8. The minimum absolute atomic E-state index is 0.00551. The molecule has 1 unspecified atom stereocenters. The molecule has 0 aliphatic heterocycles. The summed E-state index contributed by atoms with van der Waals surface area (Å²) in [6.07, 6.45) is 1.77. The number of hydrogen-bond acceptors (Lipinski definition) is 3. The fourth-order valence-electron chi connectivity index (χ4n) is 2.45. The standard InChI is InChI=1S/C16H22N2O3/c1-12(11-21-3)18(8-9-20-2)16(19)14-10-17-15-7-5-4-6-13(14)15/h4-7,10,12,17H,8-9,11H2,1-3H3. The summed E-state index contributed by atoms with van der Waals surface area (Å²) in [6.45, 7) is 3.52. The SMILES string of the molecule is COCCN(C(=O)c1c[nH]c2ccccc12)C(C)COC. The normalized spacial score (nSPS) is 12.5. The summed E-state index contributed by atoms with van der Waals surface area (Å²) in [4.78, 5) is 17.8. The van der Waals surface area contributed by atoms with Crippen molar-refractivity contribution in [1.82, 2.24) is 9.88 Å². The Morgan fingerprint density at radius 2 is 2.05 bits per heavy atom. The largest absolute Gasteiger partial charge is 0.383 e. The number of carbonyl (C=O) groups excluding carboxylic acids is 1. The molecule has 0 radical (unpaired) electrons. The van der Waals surface area contributed by atoms with Gasteiger partial charge in [-0.2, -0.15) is 0 Å². The molecule has 0 spiro atoms. The summed E-state index contributed by atoms with van der Waals surface area (Å²) in [6, 6.07) is 7.79. The molecule has 1 amide bonds. The Morgan fingerprint density at radius 3 is 2.76 bits per heavy atom. The summed E-state index contributed by atoms with van der Waals surface area (Å²) in [5, 5.41) is 0.939. The summed E-state index contributed by atoms with van der Waals surface area (Å²) >= 11 is 0. The summed E-state index contributed by atoms with van der Waals surface area (Å²) in [5.41, 5.74) is 1.65. The highest BCUT2D eigenvalue weighted by Gasteiger charge is 2.23. The molecule has 1 N–H and O–H groups in total. The number of methoxy groups -OCH3 is 2. The zero-order valence-electron chi connectivity index (χ0n) is 12.8. The molecule has 1 aromatic heterocycles. The van der Waals surface area contributed by atoms with E-state index >= 15 is 0 Å². The maximum Gasteiger partial charge on any atom is 0.256 e. The van der Waals surface area contributed by atoms with Crippen LogP contribution in [-0.4, -0.2) is 55.8 Å². The predicted molar refractivity (Wildman–Crippen MR) is 82.5 cm³/mol. The van der Waals surface area contributed by atoms with Crippen LogP contribution in [0.5, 0.6) is 0 Å². The summed E-state index contributed by atoms with van der Waals surface area (Å²) in [5.74, 6) is -0.00551. The van der Waals surface area contributed by atoms with Crippen LogP contribution < -0.4 is 0 Å². The van der Waals surface area contributed by atoms with Crippen LogP contribution in [-0.2, 0) is 9.47 Å². The molecular formula is C16H22N2O3. The molecule has 0 aliphatic rings. The highest BCUT2D eigenvalue weighted by molar-refractivity contribution is 6.06. The number of H-pyrrole nitrogens is 1. The van der Waals surface area contributed by atoms with E-state index in [0.717, 1.165) is 10.9 Å². The molecule has 2 aromatic rings. The van der Waals surface area contributed by atoms with E-state index in [9.17, 15) is 4.79 Å². The number of para-hydroxylation sites is 1. The van der Waals surface area contributed by atoms with Crippen molar-refractivity contribution in [3.63, 3.8) is 0 Å². The quantitative estimate of drug-likeness (QED) is 0.851. The fourth-order valence-corrected chi connectivity index (χ4v) is 2.45. The molecule has 1 heterocycles. The van der Waals surface area contributed by atoms with E-state index in [2.05, 4.69) is 4.98 Å². The number of amides is 1. The number of rotatable bonds is 7. The van der Waals surface area contributed by atoms with Gasteiger partial charge in [-0.05, 0) is 13.0 Å². The van der Waals surface area contributed by atoms with Gasteiger partial charge in [-0.3, -0.25) is 4.79 Å². The van der Waals surface area contributed by atoms with Gasteiger partial charge in [0.1, 0.15) is 0 Å². The number of benzene rings is 1. The van der Waals surface area contributed by atoms with Crippen LogP contribution in [0, 0.1) is 0 Å². The number of nitrogens with one attached hydrogen (secondary N) is 1. The number of carbonyl (C=O) groups is 1. The zero-order valence-corrected chi connectivity index (χ0v) is 12.8. The van der Waals surface area contributed by atoms with Crippen LogP contribution in [0.1, 0.15) is 17.3 Å². The monoisotopic (exact) mass is 290 g/mol. The summed E-state index contributed by atoms with van der Waals surface area (Å²) < 4.78 is 10.3. The van der Waals surface area contributed by atoms with Crippen molar-refractivity contribution in [3.8, 4) is 0 Å². The molecular weight excluding hydrogens is 268 g/mol. The summed E-state index contributed by atoms with van der Waals surface area (Å²) in [7, 11) is 3.27. The molecule has 2 rings (SSSR count). The second-order valence-electron chi connectivity index (χ2n) is 5.04. The van der Waals surface area contributed by atoms with E-state index in [1.54, 1.807) is 25.3 Å². The fraction of sp³-hybridized carbons (Fsp3) is 0.438. The first-order chi connectivity index (χ1) is 10.2. The third kappa shape index (κ3) is 3.43. The predicted octanol–water partition coefficient (Wildman–Crippen LogP) is 2.29. The number of nitrogens with zero attached hydrogens (tertiary/aromatic N) is 1. The molecule has 114 valence electrons. The Bertz CT molecular complexity index is 594. The highest BCUT2D eigenvalue weighted by atomic mass is 16.5.